The second-order valence-corrected chi connectivity index (χ2v) is 9.69. The number of carbonyl (C=O) groups excluding carboxylic acids is 1. The SMILES string of the molecule is C[C@]12CCC3C4CCC(=O)C=C4CCC3C1C1CC1[C@@]21C=CCO1. The Morgan fingerprint density at radius 2 is 2.04 bits per heavy atom. The molecule has 1 aliphatic heterocycles. The van der Waals surface area contributed by atoms with Gasteiger partial charge >= 0.3 is 0 Å². The van der Waals surface area contributed by atoms with Crippen LogP contribution in [0.3, 0.4) is 0 Å². The average molecular weight is 324 g/mol. The molecule has 6 rings (SSSR count). The molecule has 0 bridgehead atoms. The molecule has 4 saturated carbocycles. The molecule has 2 nitrogen and oxygen atoms in total. The highest BCUT2D eigenvalue weighted by molar-refractivity contribution is 5.91. The standard InChI is InChI=1S/C22H28O2/c1-21-9-7-16-15-6-4-14(23)11-13(15)3-5-17(16)20(21)18-12-19(18)22(21)8-2-10-24-22/h2,8,11,15-20H,3-7,9-10,12H2,1H3/t15?,16?,17?,18?,19?,20?,21-,22-/m0/s1. The van der Waals surface area contributed by atoms with Crippen molar-refractivity contribution in [3.63, 3.8) is 0 Å². The van der Waals surface area contributed by atoms with Gasteiger partial charge in [0, 0.05) is 11.8 Å². The number of allylic oxidation sites excluding steroid dienone is 1. The van der Waals surface area contributed by atoms with Gasteiger partial charge in [0.25, 0.3) is 0 Å². The molecule has 4 fully saturated rings. The molecule has 0 aromatic rings. The zero-order valence-electron chi connectivity index (χ0n) is 14.7. The van der Waals surface area contributed by atoms with Gasteiger partial charge in [-0.25, -0.2) is 0 Å². The van der Waals surface area contributed by atoms with Crippen LogP contribution in [0, 0.1) is 40.9 Å². The highest BCUT2D eigenvalue weighted by Crippen LogP contribution is 2.77. The highest BCUT2D eigenvalue weighted by atomic mass is 16.5. The van der Waals surface area contributed by atoms with Crippen LogP contribution in [0.2, 0.25) is 0 Å². The molecule has 6 unspecified atom stereocenters. The Hall–Kier alpha value is -0.890. The van der Waals surface area contributed by atoms with Gasteiger partial charge in [-0.15, -0.1) is 0 Å². The normalized spacial score (nSPS) is 57.2. The minimum absolute atomic E-state index is 0.0753. The molecule has 0 N–H and O–H groups in total. The molecule has 1 heterocycles. The summed E-state index contributed by atoms with van der Waals surface area (Å²) in [6, 6.07) is 0. The lowest BCUT2D eigenvalue weighted by molar-refractivity contribution is -0.132. The van der Waals surface area contributed by atoms with Crippen molar-refractivity contribution < 1.29 is 9.53 Å². The number of ether oxygens (including phenoxy) is 1. The third-order valence-electron chi connectivity index (χ3n) is 9.08. The zero-order chi connectivity index (χ0) is 16.1. The van der Waals surface area contributed by atoms with E-state index in [0.29, 0.717) is 11.2 Å². The van der Waals surface area contributed by atoms with Gasteiger partial charge in [0.1, 0.15) is 0 Å². The maximum absolute atomic E-state index is 11.8. The van der Waals surface area contributed by atoms with E-state index in [1.165, 1.54) is 37.7 Å². The van der Waals surface area contributed by atoms with Crippen molar-refractivity contribution in [2.75, 3.05) is 6.61 Å². The summed E-state index contributed by atoms with van der Waals surface area (Å²) in [6.07, 6.45) is 15.3. The fourth-order valence-electron chi connectivity index (χ4n) is 8.25. The van der Waals surface area contributed by atoms with Crippen LogP contribution < -0.4 is 0 Å². The molecule has 1 spiro atoms. The summed E-state index contributed by atoms with van der Waals surface area (Å²) in [6.45, 7) is 3.39. The van der Waals surface area contributed by atoms with E-state index < -0.39 is 0 Å². The minimum atomic E-state index is 0.0753. The summed E-state index contributed by atoms with van der Waals surface area (Å²) in [7, 11) is 0. The largest absolute Gasteiger partial charge is 0.366 e. The first-order valence-corrected chi connectivity index (χ1v) is 10.2. The molecular weight excluding hydrogens is 296 g/mol. The van der Waals surface area contributed by atoms with Crippen LogP contribution in [0.15, 0.2) is 23.8 Å². The van der Waals surface area contributed by atoms with Gasteiger partial charge < -0.3 is 4.74 Å². The summed E-state index contributed by atoms with van der Waals surface area (Å²) in [5, 5.41) is 0. The first-order valence-electron chi connectivity index (χ1n) is 10.2. The molecule has 2 heteroatoms. The molecule has 0 saturated heterocycles. The van der Waals surface area contributed by atoms with Crippen molar-refractivity contribution in [1.82, 2.24) is 0 Å². The van der Waals surface area contributed by atoms with E-state index in [4.69, 9.17) is 4.74 Å². The maximum atomic E-state index is 11.8. The van der Waals surface area contributed by atoms with Gasteiger partial charge in [-0.1, -0.05) is 24.6 Å². The topological polar surface area (TPSA) is 26.3 Å². The van der Waals surface area contributed by atoms with Crippen LogP contribution in [-0.4, -0.2) is 18.0 Å². The third-order valence-corrected chi connectivity index (χ3v) is 9.08. The molecule has 0 amide bonds. The summed E-state index contributed by atoms with van der Waals surface area (Å²) >= 11 is 0. The summed E-state index contributed by atoms with van der Waals surface area (Å²) in [5.74, 6) is 5.41. The van der Waals surface area contributed by atoms with E-state index in [1.54, 1.807) is 0 Å². The van der Waals surface area contributed by atoms with Gasteiger partial charge in [0.05, 0.1) is 12.2 Å². The zero-order valence-corrected chi connectivity index (χ0v) is 14.7. The molecule has 0 aromatic carbocycles. The number of fused-ring (bicyclic) bond motifs is 9. The third kappa shape index (κ3) is 1.51. The van der Waals surface area contributed by atoms with E-state index in [9.17, 15) is 4.79 Å². The Balaban J connectivity index is 1.38. The van der Waals surface area contributed by atoms with Gasteiger partial charge in [-0.3, -0.25) is 4.79 Å². The molecule has 5 aliphatic carbocycles. The van der Waals surface area contributed by atoms with Crippen molar-refractivity contribution in [3.8, 4) is 0 Å². The van der Waals surface area contributed by atoms with Gasteiger partial charge in [0.15, 0.2) is 5.78 Å². The van der Waals surface area contributed by atoms with E-state index in [2.05, 4.69) is 19.1 Å². The lowest BCUT2D eigenvalue weighted by Gasteiger charge is -2.57. The molecule has 128 valence electrons. The number of ketones is 1. The Morgan fingerprint density at radius 1 is 1.12 bits per heavy atom. The first-order chi connectivity index (χ1) is 11.6. The molecule has 0 aromatic heterocycles. The Bertz CT molecular complexity index is 675. The lowest BCUT2D eigenvalue weighted by atomic mass is 9.49. The fraction of sp³-hybridized carbons (Fsp3) is 0.773. The number of hydrogen-bond donors (Lipinski definition) is 0. The van der Waals surface area contributed by atoms with Crippen molar-refractivity contribution >= 4 is 5.78 Å². The van der Waals surface area contributed by atoms with Crippen molar-refractivity contribution in [3.05, 3.63) is 23.8 Å². The van der Waals surface area contributed by atoms with Gasteiger partial charge in [-0.2, -0.15) is 0 Å². The summed E-state index contributed by atoms with van der Waals surface area (Å²) in [4.78, 5) is 11.8. The average Bonchev–Trinajstić information content (AvgIpc) is 3.13. The summed E-state index contributed by atoms with van der Waals surface area (Å²) in [5.41, 5.74) is 1.94. The van der Waals surface area contributed by atoms with Crippen molar-refractivity contribution in [1.29, 1.82) is 0 Å². The van der Waals surface area contributed by atoms with E-state index in [0.717, 1.165) is 55.0 Å². The monoisotopic (exact) mass is 324 g/mol. The van der Waals surface area contributed by atoms with Crippen molar-refractivity contribution in [2.24, 2.45) is 40.9 Å². The molecular formula is C22H28O2. The van der Waals surface area contributed by atoms with Crippen LogP contribution in [0.1, 0.15) is 51.9 Å². The van der Waals surface area contributed by atoms with E-state index >= 15 is 0 Å². The summed E-state index contributed by atoms with van der Waals surface area (Å²) < 4.78 is 6.46. The second-order valence-electron chi connectivity index (χ2n) is 9.69. The van der Waals surface area contributed by atoms with Crippen LogP contribution in [0.5, 0.6) is 0 Å². The quantitative estimate of drug-likeness (QED) is 0.621. The Labute approximate surface area is 144 Å². The number of carbonyl (C=O) groups is 1. The predicted molar refractivity (Wildman–Crippen MR) is 92.3 cm³/mol. The smallest absolute Gasteiger partial charge is 0.155 e. The first kappa shape index (κ1) is 14.3. The van der Waals surface area contributed by atoms with Gasteiger partial charge in [0.2, 0.25) is 0 Å². The number of hydrogen-bond acceptors (Lipinski definition) is 2. The minimum Gasteiger partial charge on any atom is -0.366 e. The van der Waals surface area contributed by atoms with Gasteiger partial charge in [-0.05, 0) is 80.1 Å². The molecule has 0 radical (unpaired) electrons. The Kier molecular flexibility index (Phi) is 2.64. The van der Waals surface area contributed by atoms with E-state index in [-0.39, 0.29) is 5.60 Å². The molecule has 24 heavy (non-hydrogen) atoms. The maximum Gasteiger partial charge on any atom is 0.155 e. The molecule has 8 atom stereocenters. The van der Waals surface area contributed by atoms with Crippen molar-refractivity contribution in [2.45, 2.75) is 57.5 Å². The van der Waals surface area contributed by atoms with Crippen LogP contribution in [0.4, 0.5) is 0 Å². The van der Waals surface area contributed by atoms with E-state index in [1.807, 2.05) is 6.08 Å². The molecule has 6 aliphatic rings. The van der Waals surface area contributed by atoms with Crippen LogP contribution in [-0.2, 0) is 9.53 Å². The fourth-order valence-corrected chi connectivity index (χ4v) is 8.25. The van der Waals surface area contributed by atoms with Crippen LogP contribution in [0.25, 0.3) is 0 Å². The number of rotatable bonds is 0. The lowest BCUT2D eigenvalue weighted by Crippen LogP contribution is -2.54. The predicted octanol–water partition coefficient (Wildman–Crippen LogP) is 4.31. The highest BCUT2D eigenvalue weighted by Gasteiger charge is 2.76. The van der Waals surface area contributed by atoms with Crippen LogP contribution >= 0.6 is 0 Å². The second kappa shape index (κ2) is 4.44. The Morgan fingerprint density at radius 3 is 2.88 bits per heavy atom.